The number of benzene rings is 1. The van der Waals surface area contributed by atoms with Crippen LogP contribution in [0.3, 0.4) is 0 Å². The molecular formula is C20H23N5O3S. The van der Waals surface area contributed by atoms with Crippen molar-refractivity contribution in [1.29, 1.82) is 0 Å². The Morgan fingerprint density at radius 2 is 2.17 bits per heavy atom. The monoisotopic (exact) mass is 413 g/mol. The van der Waals surface area contributed by atoms with Gasteiger partial charge in [0.25, 0.3) is 0 Å². The van der Waals surface area contributed by atoms with Crippen molar-refractivity contribution in [1.82, 2.24) is 25.2 Å². The number of amides is 2. The van der Waals surface area contributed by atoms with E-state index in [0.29, 0.717) is 18.7 Å². The number of hydrogen-bond donors (Lipinski definition) is 1. The quantitative estimate of drug-likeness (QED) is 0.406. The standard InChI is InChI=1S/C20H23N5O3S/c1-3-11-24(18(26)14-25-16-8-5-4-7-15(16)22-23-25)19(17-9-6-13-29-17)20(27)21-10-12-28-2/h3-9,13,19H,1,10-12,14H2,2H3,(H,21,27). The van der Waals surface area contributed by atoms with Crippen molar-refractivity contribution in [3.63, 3.8) is 0 Å². The van der Waals surface area contributed by atoms with Gasteiger partial charge in [-0.2, -0.15) is 0 Å². The van der Waals surface area contributed by atoms with Crippen LogP contribution in [0.25, 0.3) is 11.0 Å². The zero-order valence-electron chi connectivity index (χ0n) is 16.2. The first-order chi connectivity index (χ1) is 14.2. The SMILES string of the molecule is C=CCN(C(=O)Cn1nnc2ccccc21)C(C(=O)NCCOC)c1cccs1. The molecule has 3 rings (SSSR count). The third kappa shape index (κ3) is 4.87. The van der Waals surface area contributed by atoms with Crippen LogP contribution in [0.1, 0.15) is 10.9 Å². The number of aromatic nitrogens is 3. The van der Waals surface area contributed by atoms with Crippen LogP contribution >= 0.6 is 11.3 Å². The van der Waals surface area contributed by atoms with Crippen LogP contribution < -0.4 is 5.32 Å². The summed E-state index contributed by atoms with van der Waals surface area (Å²) in [4.78, 5) is 28.4. The van der Waals surface area contributed by atoms with E-state index >= 15 is 0 Å². The number of ether oxygens (including phenoxy) is 1. The highest BCUT2D eigenvalue weighted by Gasteiger charge is 2.31. The second-order valence-corrected chi connectivity index (χ2v) is 7.25. The number of para-hydroxylation sites is 1. The van der Waals surface area contributed by atoms with Gasteiger partial charge in [-0.05, 0) is 23.6 Å². The van der Waals surface area contributed by atoms with E-state index in [4.69, 9.17) is 4.74 Å². The number of nitrogens with one attached hydrogen (secondary N) is 1. The van der Waals surface area contributed by atoms with Gasteiger partial charge in [0.1, 0.15) is 18.1 Å². The van der Waals surface area contributed by atoms with E-state index < -0.39 is 6.04 Å². The predicted octanol–water partition coefficient (Wildman–Crippen LogP) is 2.01. The molecule has 0 aliphatic carbocycles. The van der Waals surface area contributed by atoms with E-state index in [9.17, 15) is 9.59 Å². The summed E-state index contributed by atoms with van der Waals surface area (Å²) in [5.41, 5.74) is 1.47. The Morgan fingerprint density at radius 1 is 1.34 bits per heavy atom. The molecule has 0 aliphatic heterocycles. The highest BCUT2D eigenvalue weighted by Crippen LogP contribution is 2.26. The number of thiophene rings is 1. The Balaban J connectivity index is 1.86. The fraction of sp³-hybridized carbons (Fsp3) is 0.300. The van der Waals surface area contributed by atoms with E-state index in [2.05, 4.69) is 22.2 Å². The van der Waals surface area contributed by atoms with Gasteiger partial charge >= 0.3 is 0 Å². The molecule has 3 aromatic rings. The van der Waals surface area contributed by atoms with Crippen molar-refractivity contribution in [3.05, 3.63) is 59.3 Å². The van der Waals surface area contributed by atoms with Gasteiger partial charge in [0, 0.05) is 25.1 Å². The minimum absolute atomic E-state index is 0.0262. The maximum Gasteiger partial charge on any atom is 0.248 e. The average molecular weight is 414 g/mol. The minimum atomic E-state index is -0.757. The first kappa shape index (κ1) is 20.7. The van der Waals surface area contributed by atoms with Gasteiger partial charge in [0.2, 0.25) is 11.8 Å². The molecule has 152 valence electrons. The third-order valence-electron chi connectivity index (χ3n) is 4.33. The number of hydrogen-bond acceptors (Lipinski definition) is 6. The maximum absolute atomic E-state index is 13.2. The zero-order chi connectivity index (χ0) is 20.6. The minimum Gasteiger partial charge on any atom is -0.383 e. The molecule has 1 N–H and O–H groups in total. The molecule has 1 aromatic carbocycles. The predicted molar refractivity (Wildman–Crippen MR) is 111 cm³/mol. The molecule has 2 heterocycles. The van der Waals surface area contributed by atoms with Crippen LogP contribution in [0, 0.1) is 0 Å². The molecule has 29 heavy (non-hydrogen) atoms. The molecular weight excluding hydrogens is 390 g/mol. The van der Waals surface area contributed by atoms with Crippen molar-refractivity contribution in [3.8, 4) is 0 Å². The molecule has 0 fully saturated rings. The van der Waals surface area contributed by atoms with Crippen molar-refractivity contribution < 1.29 is 14.3 Å². The van der Waals surface area contributed by atoms with E-state index in [1.807, 2.05) is 41.8 Å². The number of nitrogens with zero attached hydrogens (tertiary/aromatic N) is 4. The van der Waals surface area contributed by atoms with Crippen molar-refractivity contribution in [2.75, 3.05) is 26.8 Å². The summed E-state index contributed by atoms with van der Waals surface area (Å²) in [6, 6.07) is 10.4. The summed E-state index contributed by atoms with van der Waals surface area (Å²) in [6.45, 7) is 4.71. The largest absolute Gasteiger partial charge is 0.383 e. The molecule has 9 heteroatoms. The Labute approximate surface area is 172 Å². The topological polar surface area (TPSA) is 89.4 Å². The molecule has 8 nitrogen and oxygen atoms in total. The maximum atomic E-state index is 13.2. The van der Waals surface area contributed by atoms with E-state index in [0.717, 1.165) is 10.4 Å². The number of carbonyl (C=O) groups excluding carboxylic acids is 2. The lowest BCUT2D eigenvalue weighted by atomic mass is 10.1. The summed E-state index contributed by atoms with van der Waals surface area (Å²) in [5.74, 6) is -0.510. The molecule has 0 radical (unpaired) electrons. The van der Waals surface area contributed by atoms with E-state index in [-0.39, 0.29) is 24.9 Å². The first-order valence-corrected chi connectivity index (χ1v) is 10.0. The summed E-state index contributed by atoms with van der Waals surface area (Å²) in [5, 5.41) is 12.9. The number of methoxy groups -OCH3 is 1. The lowest BCUT2D eigenvalue weighted by molar-refractivity contribution is -0.140. The summed E-state index contributed by atoms with van der Waals surface area (Å²) < 4.78 is 6.55. The van der Waals surface area contributed by atoms with Crippen molar-refractivity contribution in [2.24, 2.45) is 0 Å². The normalized spacial score (nSPS) is 11.9. The second kappa shape index (κ2) is 9.94. The lowest BCUT2D eigenvalue weighted by Crippen LogP contribution is -2.45. The third-order valence-corrected chi connectivity index (χ3v) is 5.25. The fourth-order valence-electron chi connectivity index (χ4n) is 2.99. The Morgan fingerprint density at radius 3 is 2.90 bits per heavy atom. The number of fused-ring (bicyclic) bond motifs is 1. The van der Waals surface area contributed by atoms with Gasteiger partial charge in [0.15, 0.2) is 0 Å². The molecule has 0 saturated carbocycles. The van der Waals surface area contributed by atoms with Crippen LogP contribution in [-0.4, -0.2) is 58.5 Å². The molecule has 0 spiro atoms. The van der Waals surface area contributed by atoms with Crippen LogP contribution in [0.2, 0.25) is 0 Å². The summed E-state index contributed by atoms with van der Waals surface area (Å²) >= 11 is 1.43. The first-order valence-electron chi connectivity index (χ1n) is 9.14. The molecule has 2 amide bonds. The van der Waals surface area contributed by atoms with Crippen molar-refractivity contribution >= 4 is 34.2 Å². The Kier molecular flexibility index (Phi) is 7.09. The van der Waals surface area contributed by atoms with E-state index in [1.165, 1.54) is 16.2 Å². The van der Waals surface area contributed by atoms with Gasteiger partial charge < -0.3 is 15.0 Å². The van der Waals surface area contributed by atoms with E-state index in [1.54, 1.807) is 17.9 Å². The van der Waals surface area contributed by atoms with Gasteiger partial charge in [-0.25, -0.2) is 4.68 Å². The highest BCUT2D eigenvalue weighted by atomic mass is 32.1. The summed E-state index contributed by atoms with van der Waals surface area (Å²) in [7, 11) is 1.57. The summed E-state index contributed by atoms with van der Waals surface area (Å²) in [6.07, 6.45) is 1.61. The van der Waals surface area contributed by atoms with Crippen LogP contribution in [0.15, 0.2) is 54.4 Å². The van der Waals surface area contributed by atoms with Gasteiger partial charge in [0.05, 0.1) is 12.1 Å². The van der Waals surface area contributed by atoms with Gasteiger partial charge in [-0.3, -0.25) is 9.59 Å². The van der Waals surface area contributed by atoms with Crippen molar-refractivity contribution in [2.45, 2.75) is 12.6 Å². The molecule has 0 bridgehead atoms. The molecule has 0 saturated heterocycles. The Bertz CT molecular complexity index is 970. The second-order valence-electron chi connectivity index (χ2n) is 6.27. The van der Waals surface area contributed by atoms with Crippen LogP contribution in [-0.2, 0) is 20.9 Å². The highest BCUT2D eigenvalue weighted by molar-refractivity contribution is 7.10. The zero-order valence-corrected chi connectivity index (χ0v) is 17.0. The lowest BCUT2D eigenvalue weighted by Gasteiger charge is -2.29. The molecule has 2 aromatic heterocycles. The molecule has 1 atom stereocenters. The number of rotatable bonds is 10. The van der Waals surface area contributed by atoms with Crippen LogP contribution in [0.4, 0.5) is 0 Å². The molecule has 1 unspecified atom stereocenters. The van der Waals surface area contributed by atoms with Crippen LogP contribution in [0.5, 0.6) is 0 Å². The fourth-order valence-corrected chi connectivity index (χ4v) is 3.82. The van der Waals surface area contributed by atoms with Gasteiger partial charge in [-0.1, -0.05) is 29.5 Å². The number of carbonyl (C=O) groups is 2. The molecule has 0 aliphatic rings. The smallest absolute Gasteiger partial charge is 0.248 e. The average Bonchev–Trinajstić information content (AvgIpc) is 3.38. The van der Waals surface area contributed by atoms with Gasteiger partial charge in [-0.15, -0.1) is 23.0 Å². The Hall–Kier alpha value is -3.04.